The van der Waals surface area contributed by atoms with E-state index in [1.807, 2.05) is 0 Å². The molecule has 3 rings (SSSR count). The fraction of sp³-hybridized carbons (Fsp3) is 0.0625. The molecule has 0 bridgehead atoms. The SMILES string of the molecule is O=c1[nH]c(=O)n(Cc2ccco2)c(O)c1C=Nc1ccc(Cl)cc1. The molecule has 0 atom stereocenters. The van der Waals surface area contributed by atoms with E-state index in [1.54, 1.807) is 36.4 Å². The van der Waals surface area contributed by atoms with Gasteiger partial charge in [0.15, 0.2) is 0 Å². The van der Waals surface area contributed by atoms with E-state index in [4.69, 9.17) is 16.0 Å². The molecule has 24 heavy (non-hydrogen) atoms. The minimum atomic E-state index is -0.738. The number of hydrogen-bond donors (Lipinski definition) is 2. The molecule has 0 unspecified atom stereocenters. The summed E-state index contributed by atoms with van der Waals surface area (Å²) < 4.78 is 6.14. The summed E-state index contributed by atoms with van der Waals surface area (Å²) in [6, 6.07) is 9.92. The Bertz CT molecular complexity index is 986. The molecule has 3 aromatic rings. The normalized spacial score (nSPS) is 11.2. The van der Waals surface area contributed by atoms with Gasteiger partial charge in [-0.1, -0.05) is 11.6 Å². The van der Waals surface area contributed by atoms with Crippen molar-refractivity contribution in [3.8, 4) is 5.88 Å². The topological polar surface area (TPSA) is 101 Å². The highest BCUT2D eigenvalue weighted by molar-refractivity contribution is 6.30. The molecule has 8 heteroatoms. The highest BCUT2D eigenvalue weighted by Gasteiger charge is 2.13. The van der Waals surface area contributed by atoms with Crippen LogP contribution in [-0.2, 0) is 6.54 Å². The number of nitrogens with one attached hydrogen (secondary N) is 1. The number of aromatic hydroxyl groups is 1. The largest absolute Gasteiger partial charge is 0.494 e. The van der Waals surface area contributed by atoms with Crippen molar-refractivity contribution in [2.75, 3.05) is 0 Å². The van der Waals surface area contributed by atoms with Crippen LogP contribution < -0.4 is 11.2 Å². The van der Waals surface area contributed by atoms with Gasteiger partial charge >= 0.3 is 5.69 Å². The third-order valence-electron chi connectivity index (χ3n) is 3.27. The predicted octanol–water partition coefficient (Wildman–Crippen LogP) is 2.29. The van der Waals surface area contributed by atoms with Gasteiger partial charge in [0.2, 0.25) is 5.88 Å². The smallest absolute Gasteiger partial charge is 0.331 e. The summed E-state index contributed by atoms with van der Waals surface area (Å²) in [7, 11) is 0. The molecule has 0 saturated carbocycles. The van der Waals surface area contributed by atoms with Crippen LogP contribution in [0, 0.1) is 0 Å². The van der Waals surface area contributed by atoms with Crippen molar-refractivity contribution < 1.29 is 9.52 Å². The first kappa shape index (κ1) is 15.8. The van der Waals surface area contributed by atoms with Crippen LogP contribution in [0.3, 0.4) is 0 Å². The molecule has 1 aromatic carbocycles. The van der Waals surface area contributed by atoms with Gasteiger partial charge in [0.25, 0.3) is 5.56 Å². The lowest BCUT2D eigenvalue weighted by atomic mass is 10.3. The van der Waals surface area contributed by atoms with Crippen molar-refractivity contribution in [1.82, 2.24) is 9.55 Å². The molecule has 2 aromatic heterocycles. The maximum atomic E-state index is 11.9. The maximum absolute atomic E-state index is 11.9. The number of H-pyrrole nitrogens is 1. The first-order chi connectivity index (χ1) is 11.5. The minimum Gasteiger partial charge on any atom is -0.494 e. The Labute approximate surface area is 140 Å². The summed E-state index contributed by atoms with van der Waals surface area (Å²) in [5, 5.41) is 10.8. The Morgan fingerprint density at radius 1 is 1.25 bits per heavy atom. The van der Waals surface area contributed by atoms with Crippen LogP contribution in [0.4, 0.5) is 5.69 Å². The predicted molar refractivity (Wildman–Crippen MR) is 89.5 cm³/mol. The van der Waals surface area contributed by atoms with Gasteiger partial charge in [0.1, 0.15) is 11.3 Å². The number of aromatic amines is 1. The molecule has 0 radical (unpaired) electrons. The number of furan rings is 1. The monoisotopic (exact) mass is 345 g/mol. The Morgan fingerprint density at radius 2 is 2.00 bits per heavy atom. The van der Waals surface area contributed by atoms with E-state index < -0.39 is 17.1 Å². The Hall–Kier alpha value is -3.06. The zero-order chi connectivity index (χ0) is 17.1. The van der Waals surface area contributed by atoms with Gasteiger partial charge in [-0.05, 0) is 36.4 Å². The van der Waals surface area contributed by atoms with E-state index in [-0.39, 0.29) is 12.1 Å². The van der Waals surface area contributed by atoms with E-state index >= 15 is 0 Å². The summed E-state index contributed by atoms with van der Waals surface area (Å²) in [5.74, 6) is -0.0297. The number of nitrogens with zero attached hydrogens (tertiary/aromatic N) is 2. The molecule has 0 aliphatic rings. The minimum absolute atomic E-state index is 0.0176. The average molecular weight is 346 g/mol. The molecule has 2 N–H and O–H groups in total. The van der Waals surface area contributed by atoms with Gasteiger partial charge in [-0.25, -0.2) is 4.79 Å². The molecule has 0 spiro atoms. The molecule has 7 nitrogen and oxygen atoms in total. The van der Waals surface area contributed by atoms with E-state index in [2.05, 4.69) is 9.98 Å². The van der Waals surface area contributed by atoms with Crippen molar-refractivity contribution in [3.63, 3.8) is 0 Å². The number of aromatic nitrogens is 2. The van der Waals surface area contributed by atoms with Crippen molar-refractivity contribution in [1.29, 1.82) is 0 Å². The fourth-order valence-electron chi connectivity index (χ4n) is 2.06. The number of halogens is 1. The lowest BCUT2D eigenvalue weighted by Gasteiger charge is -2.07. The zero-order valence-electron chi connectivity index (χ0n) is 12.3. The van der Waals surface area contributed by atoms with Crippen molar-refractivity contribution in [2.24, 2.45) is 4.99 Å². The van der Waals surface area contributed by atoms with Gasteiger partial charge in [-0.3, -0.25) is 19.3 Å². The summed E-state index contributed by atoms with van der Waals surface area (Å²) in [6.07, 6.45) is 2.64. The van der Waals surface area contributed by atoms with Gasteiger partial charge in [-0.2, -0.15) is 0 Å². The molecule has 0 saturated heterocycles. The lowest BCUT2D eigenvalue weighted by Crippen LogP contribution is -2.32. The average Bonchev–Trinajstić information content (AvgIpc) is 3.06. The molecule has 0 aliphatic heterocycles. The van der Waals surface area contributed by atoms with Crippen LogP contribution in [0.15, 0.2) is 61.7 Å². The van der Waals surface area contributed by atoms with Gasteiger partial charge in [-0.15, -0.1) is 0 Å². The van der Waals surface area contributed by atoms with Crippen LogP contribution in [0.25, 0.3) is 0 Å². The van der Waals surface area contributed by atoms with Crippen LogP contribution in [-0.4, -0.2) is 20.9 Å². The van der Waals surface area contributed by atoms with E-state index in [0.29, 0.717) is 16.5 Å². The third kappa shape index (κ3) is 3.31. The van der Waals surface area contributed by atoms with Crippen molar-refractivity contribution in [3.05, 3.63) is 79.8 Å². The summed E-state index contributed by atoms with van der Waals surface area (Å²) >= 11 is 5.79. The maximum Gasteiger partial charge on any atom is 0.331 e. The summed E-state index contributed by atoms with van der Waals surface area (Å²) in [4.78, 5) is 30.1. The molecule has 0 fully saturated rings. The third-order valence-corrected chi connectivity index (χ3v) is 3.52. The standard InChI is InChI=1S/C16H12ClN3O4/c17-10-3-5-11(6-4-10)18-8-13-14(21)19-16(23)20(15(13)22)9-12-2-1-7-24-12/h1-8,22H,9H2,(H,19,21,23). The van der Waals surface area contributed by atoms with E-state index in [9.17, 15) is 14.7 Å². The first-order valence-electron chi connectivity index (χ1n) is 6.92. The molecule has 0 amide bonds. The highest BCUT2D eigenvalue weighted by Crippen LogP contribution is 2.17. The molecule has 0 aliphatic carbocycles. The van der Waals surface area contributed by atoms with Crippen LogP contribution in [0.5, 0.6) is 5.88 Å². The number of hydrogen-bond acceptors (Lipinski definition) is 5. The Balaban J connectivity index is 2.00. The van der Waals surface area contributed by atoms with Crippen molar-refractivity contribution >= 4 is 23.5 Å². The second kappa shape index (κ2) is 6.59. The fourth-order valence-corrected chi connectivity index (χ4v) is 2.19. The quantitative estimate of drug-likeness (QED) is 0.708. The number of rotatable bonds is 4. The second-order valence-corrected chi connectivity index (χ2v) is 5.33. The highest BCUT2D eigenvalue weighted by atomic mass is 35.5. The van der Waals surface area contributed by atoms with Crippen LogP contribution >= 0.6 is 11.6 Å². The van der Waals surface area contributed by atoms with Crippen LogP contribution in [0.2, 0.25) is 5.02 Å². The molecular weight excluding hydrogens is 334 g/mol. The summed E-state index contributed by atoms with van der Waals surface area (Å²) in [5.41, 5.74) is -1.05. The van der Waals surface area contributed by atoms with E-state index in [1.165, 1.54) is 12.5 Å². The van der Waals surface area contributed by atoms with Crippen LogP contribution in [0.1, 0.15) is 11.3 Å². The Morgan fingerprint density at radius 3 is 2.67 bits per heavy atom. The van der Waals surface area contributed by atoms with Gasteiger partial charge < -0.3 is 9.52 Å². The Kier molecular flexibility index (Phi) is 4.35. The number of benzene rings is 1. The molecular formula is C16H12ClN3O4. The summed E-state index contributed by atoms with van der Waals surface area (Å²) in [6.45, 7) is -0.0176. The zero-order valence-corrected chi connectivity index (χ0v) is 13.0. The van der Waals surface area contributed by atoms with Crippen molar-refractivity contribution in [2.45, 2.75) is 6.54 Å². The number of aliphatic imine (C=N–C) groups is 1. The van der Waals surface area contributed by atoms with Gasteiger partial charge in [0.05, 0.1) is 18.5 Å². The molecule has 122 valence electrons. The van der Waals surface area contributed by atoms with Gasteiger partial charge in [0, 0.05) is 11.2 Å². The molecule has 2 heterocycles. The van der Waals surface area contributed by atoms with E-state index in [0.717, 1.165) is 4.57 Å². The lowest BCUT2D eigenvalue weighted by molar-refractivity contribution is 0.392. The second-order valence-electron chi connectivity index (χ2n) is 4.90. The first-order valence-corrected chi connectivity index (χ1v) is 7.30.